The van der Waals surface area contributed by atoms with Crippen molar-refractivity contribution in [2.24, 2.45) is 0 Å². The zero-order chi connectivity index (χ0) is 24.9. The monoisotopic (exact) mass is 498 g/mol. The Hall–Kier alpha value is -3.55. The van der Waals surface area contributed by atoms with Gasteiger partial charge in [-0.15, -0.1) is 16.4 Å². The fourth-order valence-corrected chi connectivity index (χ4v) is 3.81. The largest absolute Gasteiger partial charge is 0.456 e. The van der Waals surface area contributed by atoms with Crippen LogP contribution < -0.4 is 10.6 Å². The highest BCUT2D eigenvalue weighted by Crippen LogP contribution is 2.27. The highest BCUT2D eigenvalue weighted by Gasteiger charge is 2.37. The van der Waals surface area contributed by atoms with Crippen molar-refractivity contribution in [2.45, 2.75) is 39.3 Å². The maximum Gasteiger partial charge on any atom is 0.453 e. The molecule has 182 valence electrons. The van der Waals surface area contributed by atoms with Crippen LogP contribution in [-0.4, -0.2) is 50.6 Å². The van der Waals surface area contributed by atoms with Gasteiger partial charge in [0, 0.05) is 29.2 Å². The van der Waals surface area contributed by atoms with Crippen LogP contribution in [0.1, 0.15) is 34.1 Å². The normalized spacial score (nSPS) is 11.4. The molecule has 3 rings (SSSR count). The van der Waals surface area contributed by atoms with Crippen molar-refractivity contribution in [1.82, 2.24) is 30.2 Å². The number of nitrogens with zero attached hydrogens (tertiary/aromatic N) is 4. The molecule has 0 aliphatic heterocycles. The van der Waals surface area contributed by atoms with Gasteiger partial charge in [0.15, 0.2) is 6.61 Å². The Balaban J connectivity index is 1.46. The number of alkyl halides is 3. The Bertz CT molecular complexity index is 1190. The molecule has 0 aliphatic rings. The number of halogens is 3. The van der Waals surface area contributed by atoms with E-state index in [1.165, 1.54) is 0 Å². The summed E-state index contributed by atoms with van der Waals surface area (Å²) >= 11 is 1.55. The molecule has 0 saturated carbocycles. The first kappa shape index (κ1) is 25.1. The number of esters is 1. The number of ether oxygens (including phenoxy) is 1. The number of carbonyl (C=O) groups is 3. The van der Waals surface area contributed by atoms with E-state index in [4.69, 9.17) is 4.74 Å². The zero-order valence-corrected chi connectivity index (χ0v) is 19.0. The van der Waals surface area contributed by atoms with E-state index in [-0.39, 0.29) is 18.6 Å². The number of hydrogen-bond donors (Lipinski definition) is 2. The van der Waals surface area contributed by atoms with E-state index in [1.54, 1.807) is 25.2 Å². The number of aromatic nitrogens is 4. The molecule has 3 aromatic rings. The van der Waals surface area contributed by atoms with E-state index in [0.717, 1.165) is 9.39 Å². The predicted molar refractivity (Wildman–Crippen MR) is 114 cm³/mol. The molecule has 3 aromatic heterocycles. The van der Waals surface area contributed by atoms with Gasteiger partial charge in [0.05, 0.1) is 0 Å². The topological polar surface area (TPSA) is 128 Å². The van der Waals surface area contributed by atoms with Crippen LogP contribution in [0.3, 0.4) is 0 Å². The summed E-state index contributed by atoms with van der Waals surface area (Å²) in [6.45, 7) is 2.82. The molecule has 34 heavy (non-hydrogen) atoms. The number of thiophene rings is 1. The molecule has 2 N–H and O–H groups in total. The highest BCUT2D eigenvalue weighted by atomic mass is 32.1. The lowest BCUT2D eigenvalue weighted by atomic mass is 10.1. The Morgan fingerprint density at radius 3 is 2.62 bits per heavy atom. The standard InChI is InChI=1S/C20H21F3N6O4S/c1-11-14(12(2)29-18(25-11)27-17(28-29)20(21,22)23)5-6-16(31)33-10-15(30)26-19(32)24-8-7-13-4-3-9-34-13/h3-4,9H,5-8,10H2,1-2H3,(H2,24,26,30,32). The molecule has 0 unspecified atom stereocenters. The molecular weight excluding hydrogens is 477 g/mol. The number of imide groups is 1. The summed E-state index contributed by atoms with van der Waals surface area (Å²) in [5.74, 6) is -3.01. The predicted octanol–water partition coefficient (Wildman–Crippen LogP) is 2.37. The van der Waals surface area contributed by atoms with Crippen LogP contribution in [-0.2, 0) is 33.3 Å². The number of amides is 3. The smallest absolute Gasteiger partial charge is 0.453 e. The van der Waals surface area contributed by atoms with E-state index in [2.05, 4.69) is 25.7 Å². The number of carbonyl (C=O) groups excluding carboxylic acids is 3. The summed E-state index contributed by atoms with van der Waals surface area (Å²) in [6, 6.07) is 3.13. The minimum absolute atomic E-state index is 0.103. The quantitative estimate of drug-likeness (QED) is 0.457. The molecule has 0 aliphatic carbocycles. The Morgan fingerprint density at radius 2 is 1.94 bits per heavy atom. The maximum atomic E-state index is 12.9. The van der Waals surface area contributed by atoms with Gasteiger partial charge in [-0.1, -0.05) is 6.07 Å². The van der Waals surface area contributed by atoms with E-state index in [0.29, 0.717) is 29.9 Å². The van der Waals surface area contributed by atoms with Gasteiger partial charge in [-0.3, -0.25) is 14.9 Å². The first-order valence-electron chi connectivity index (χ1n) is 10.1. The van der Waals surface area contributed by atoms with Crippen molar-refractivity contribution in [3.8, 4) is 0 Å². The fraction of sp³-hybridized carbons (Fsp3) is 0.400. The lowest BCUT2D eigenvalue weighted by molar-refractivity contribution is -0.148. The zero-order valence-electron chi connectivity index (χ0n) is 18.2. The van der Waals surface area contributed by atoms with E-state index < -0.39 is 36.5 Å². The first-order valence-corrected chi connectivity index (χ1v) is 11.0. The Kier molecular flexibility index (Phi) is 7.81. The van der Waals surface area contributed by atoms with Crippen LogP contribution in [0.5, 0.6) is 0 Å². The third-order valence-corrected chi connectivity index (χ3v) is 5.67. The van der Waals surface area contributed by atoms with E-state index in [9.17, 15) is 27.6 Å². The number of urea groups is 1. The van der Waals surface area contributed by atoms with Crippen molar-refractivity contribution in [3.63, 3.8) is 0 Å². The third-order valence-electron chi connectivity index (χ3n) is 4.74. The SMILES string of the molecule is Cc1nc2nc(C(F)(F)F)nn2c(C)c1CCC(=O)OCC(=O)NC(=O)NCCc1cccs1. The van der Waals surface area contributed by atoms with Gasteiger partial charge in [0.1, 0.15) is 0 Å². The van der Waals surface area contributed by atoms with Crippen LogP contribution in [0, 0.1) is 13.8 Å². The summed E-state index contributed by atoms with van der Waals surface area (Å²) < 4.78 is 44.5. The van der Waals surface area contributed by atoms with Crippen LogP contribution >= 0.6 is 11.3 Å². The molecule has 0 spiro atoms. The summed E-state index contributed by atoms with van der Waals surface area (Å²) in [5, 5.41) is 9.95. The van der Waals surface area contributed by atoms with Gasteiger partial charge in [-0.25, -0.2) is 14.3 Å². The van der Waals surface area contributed by atoms with E-state index in [1.807, 2.05) is 17.5 Å². The average molecular weight is 498 g/mol. The lowest BCUT2D eigenvalue weighted by Crippen LogP contribution is -2.42. The minimum Gasteiger partial charge on any atom is -0.456 e. The molecule has 0 aromatic carbocycles. The highest BCUT2D eigenvalue weighted by molar-refractivity contribution is 7.09. The van der Waals surface area contributed by atoms with Gasteiger partial charge in [-0.2, -0.15) is 18.2 Å². The van der Waals surface area contributed by atoms with Crippen molar-refractivity contribution in [1.29, 1.82) is 0 Å². The average Bonchev–Trinajstić information content (AvgIpc) is 3.42. The lowest BCUT2D eigenvalue weighted by Gasteiger charge is -2.10. The molecule has 10 nitrogen and oxygen atoms in total. The maximum absolute atomic E-state index is 12.9. The van der Waals surface area contributed by atoms with Crippen molar-refractivity contribution < 1.29 is 32.3 Å². The molecule has 3 amide bonds. The number of fused-ring (bicyclic) bond motifs is 1. The number of nitrogens with one attached hydrogen (secondary N) is 2. The molecule has 0 bridgehead atoms. The summed E-state index contributed by atoms with van der Waals surface area (Å²) in [5.41, 5.74) is 1.27. The Labute approximate surface area is 195 Å². The van der Waals surface area contributed by atoms with Gasteiger partial charge in [0.2, 0.25) is 0 Å². The van der Waals surface area contributed by atoms with Crippen LogP contribution in [0.2, 0.25) is 0 Å². The summed E-state index contributed by atoms with van der Waals surface area (Å²) in [7, 11) is 0. The second-order valence-electron chi connectivity index (χ2n) is 7.20. The van der Waals surface area contributed by atoms with Gasteiger partial charge >= 0.3 is 18.2 Å². The molecule has 0 saturated heterocycles. The second-order valence-corrected chi connectivity index (χ2v) is 8.23. The molecule has 0 radical (unpaired) electrons. The molecular formula is C20H21F3N6O4S. The van der Waals surface area contributed by atoms with E-state index >= 15 is 0 Å². The number of hydrogen-bond acceptors (Lipinski definition) is 8. The van der Waals surface area contributed by atoms with Crippen LogP contribution in [0.4, 0.5) is 18.0 Å². The second kappa shape index (κ2) is 10.6. The van der Waals surface area contributed by atoms with Gasteiger partial charge in [0.25, 0.3) is 17.5 Å². The van der Waals surface area contributed by atoms with Gasteiger partial charge < -0.3 is 10.1 Å². The fourth-order valence-electron chi connectivity index (χ4n) is 3.10. The van der Waals surface area contributed by atoms with Gasteiger partial charge in [-0.05, 0) is 43.7 Å². The summed E-state index contributed by atoms with van der Waals surface area (Å²) in [6.07, 6.45) is -4.14. The molecule has 0 atom stereocenters. The number of rotatable bonds is 8. The minimum atomic E-state index is -4.71. The van der Waals surface area contributed by atoms with Crippen molar-refractivity contribution >= 4 is 35.0 Å². The first-order chi connectivity index (χ1) is 16.0. The van der Waals surface area contributed by atoms with Crippen molar-refractivity contribution in [3.05, 3.63) is 45.2 Å². The molecule has 3 heterocycles. The molecule has 14 heteroatoms. The molecule has 0 fully saturated rings. The van der Waals surface area contributed by atoms with Crippen LogP contribution in [0.15, 0.2) is 17.5 Å². The summed E-state index contributed by atoms with van der Waals surface area (Å²) in [4.78, 5) is 44.0. The number of aryl methyl sites for hydroxylation is 2. The van der Waals surface area contributed by atoms with Crippen molar-refractivity contribution in [2.75, 3.05) is 13.2 Å². The van der Waals surface area contributed by atoms with Crippen LogP contribution in [0.25, 0.3) is 5.78 Å². The Morgan fingerprint density at radius 1 is 1.18 bits per heavy atom. The third kappa shape index (κ3) is 6.50.